The van der Waals surface area contributed by atoms with Crippen LogP contribution in [0.25, 0.3) is 16.9 Å². The van der Waals surface area contributed by atoms with Gasteiger partial charge in [-0.2, -0.15) is 9.78 Å². The number of nitrogens with zero attached hydrogens (tertiary/aromatic N) is 6. The molecule has 0 bridgehead atoms. The maximum absolute atomic E-state index is 13.0. The van der Waals surface area contributed by atoms with Crippen LogP contribution in [0, 0.1) is 13.8 Å². The van der Waals surface area contributed by atoms with Crippen LogP contribution < -0.4 is 5.56 Å². The van der Waals surface area contributed by atoms with Crippen LogP contribution in [0.4, 0.5) is 0 Å². The maximum Gasteiger partial charge on any atom is 0.341 e. The van der Waals surface area contributed by atoms with Crippen molar-refractivity contribution in [1.82, 2.24) is 29.3 Å². The molecular formula is C18H16N6O3. The van der Waals surface area contributed by atoms with Gasteiger partial charge in [0.2, 0.25) is 0 Å². The molecule has 1 aromatic carbocycles. The Labute approximate surface area is 153 Å². The molecule has 9 nitrogen and oxygen atoms in total. The summed E-state index contributed by atoms with van der Waals surface area (Å²) in [5.41, 5.74) is 1.01. The first-order chi connectivity index (χ1) is 13.0. The number of fused-ring (bicyclic) bond motifs is 1. The third-order valence-corrected chi connectivity index (χ3v) is 4.25. The normalized spacial score (nSPS) is 11.1. The first-order valence-electron chi connectivity index (χ1n) is 8.19. The SMILES string of the molecule is COC(=O)c1cn(-n2c(C)nnc2C)cc2c(=O)n(-c3ccccc3)nc1-2. The van der Waals surface area contributed by atoms with E-state index in [2.05, 4.69) is 15.3 Å². The van der Waals surface area contributed by atoms with Gasteiger partial charge in [-0.3, -0.25) is 9.47 Å². The molecule has 2 aliphatic rings. The van der Waals surface area contributed by atoms with Crippen LogP contribution in [0.3, 0.4) is 0 Å². The van der Waals surface area contributed by atoms with Crippen LogP contribution in [-0.2, 0) is 4.74 Å². The van der Waals surface area contributed by atoms with Crippen molar-refractivity contribution in [3.63, 3.8) is 0 Å². The van der Waals surface area contributed by atoms with E-state index in [0.717, 1.165) is 0 Å². The van der Waals surface area contributed by atoms with Gasteiger partial charge in [-0.15, -0.1) is 10.2 Å². The molecule has 0 atom stereocenters. The number of para-hydroxylation sites is 1. The first kappa shape index (κ1) is 16.7. The Morgan fingerprint density at radius 3 is 2.33 bits per heavy atom. The van der Waals surface area contributed by atoms with Gasteiger partial charge in [0.25, 0.3) is 5.56 Å². The number of pyridine rings is 1. The quantitative estimate of drug-likeness (QED) is 0.511. The van der Waals surface area contributed by atoms with E-state index in [9.17, 15) is 9.59 Å². The molecule has 0 saturated carbocycles. The number of benzene rings is 1. The molecule has 9 heteroatoms. The predicted molar refractivity (Wildman–Crippen MR) is 96.1 cm³/mol. The highest BCUT2D eigenvalue weighted by atomic mass is 16.5. The van der Waals surface area contributed by atoms with Gasteiger partial charge in [-0.1, -0.05) is 18.2 Å². The van der Waals surface area contributed by atoms with Crippen molar-refractivity contribution >= 4 is 5.97 Å². The van der Waals surface area contributed by atoms with Gasteiger partial charge in [0.05, 0.1) is 18.4 Å². The minimum atomic E-state index is -0.588. The molecule has 3 heterocycles. The number of methoxy groups -OCH3 is 1. The summed E-state index contributed by atoms with van der Waals surface area (Å²) in [6.07, 6.45) is 3.17. The Morgan fingerprint density at radius 1 is 1.04 bits per heavy atom. The highest BCUT2D eigenvalue weighted by Crippen LogP contribution is 2.23. The molecule has 0 radical (unpaired) electrons. The molecule has 4 rings (SSSR count). The largest absolute Gasteiger partial charge is 0.465 e. The summed E-state index contributed by atoms with van der Waals surface area (Å²) in [5.74, 6) is 0.626. The second-order valence-corrected chi connectivity index (χ2v) is 5.96. The average Bonchev–Trinajstić information content (AvgIpc) is 3.20. The highest BCUT2D eigenvalue weighted by Gasteiger charge is 2.25. The van der Waals surface area contributed by atoms with E-state index in [1.807, 2.05) is 18.2 Å². The lowest BCUT2D eigenvalue weighted by Crippen LogP contribution is -2.19. The van der Waals surface area contributed by atoms with Crippen molar-refractivity contribution in [1.29, 1.82) is 0 Å². The van der Waals surface area contributed by atoms with Crippen LogP contribution in [0.5, 0.6) is 0 Å². The Bertz CT molecular complexity index is 1150. The van der Waals surface area contributed by atoms with Crippen LogP contribution in [0.2, 0.25) is 0 Å². The zero-order valence-electron chi connectivity index (χ0n) is 14.9. The van der Waals surface area contributed by atoms with Crippen LogP contribution in [0.1, 0.15) is 22.0 Å². The van der Waals surface area contributed by atoms with Crippen molar-refractivity contribution in [2.75, 3.05) is 7.11 Å². The van der Waals surface area contributed by atoms with Crippen LogP contribution >= 0.6 is 0 Å². The highest BCUT2D eigenvalue weighted by molar-refractivity contribution is 5.96. The van der Waals surface area contributed by atoms with Crippen molar-refractivity contribution in [3.05, 3.63) is 70.3 Å². The standard InChI is InChI=1S/C18H16N6O3/c1-11-19-20-12(2)24(11)22-9-14-16(15(10-22)18(26)27-3)21-23(17(14)25)13-7-5-4-6-8-13/h4-10H,1-3H3. The van der Waals surface area contributed by atoms with Crippen LogP contribution in [0.15, 0.2) is 47.5 Å². The van der Waals surface area contributed by atoms with E-state index in [-0.39, 0.29) is 22.4 Å². The number of carbonyl (C=O) groups excluding carboxylic acids is 1. The fraction of sp³-hybridized carbons (Fsp3) is 0.167. The smallest absolute Gasteiger partial charge is 0.341 e. The van der Waals surface area contributed by atoms with Gasteiger partial charge in [0.1, 0.15) is 22.9 Å². The predicted octanol–water partition coefficient (Wildman–Crippen LogP) is 1.45. The summed E-state index contributed by atoms with van der Waals surface area (Å²) < 4.78 is 9.44. The lowest BCUT2D eigenvalue weighted by atomic mass is 10.1. The van der Waals surface area contributed by atoms with Gasteiger partial charge >= 0.3 is 5.97 Å². The van der Waals surface area contributed by atoms with Gasteiger partial charge < -0.3 is 4.74 Å². The fourth-order valence-electron chi connectivity index (χ4n) is 3.01. The second-order valence-electron chi connectivity index (χ2n) is 5.96. The zero-order valence-corrected chi connectivity index (χ0v) is 14.9. The van der Waals surface area contributed by atoms with Crippen molar-refractivity contribution < 1.29 is 9.53 Å². The summed E-state index contributed by atoms with van der Waals surface area (Å²) in [5, 5.41) is 12.4. The van der Waals surface area contributed by atoms with Gasteiger partial charge in [0, 0.05) is 12.4 Å². The number of hydrogen-bond donors (Lipinski definition) is 0. The second kappa shape index (κ2) is 6.20. The third kappa shape index (κ3) is 2.60. The number of carbonyl (C=O) groups is 1. The molecule has 0 amide bonds. The van der Waals surface area contributed by atoms with Crippen molar-refractivity contribution in [2.45, 2.75) is 13.8 Å². The molecule has 0 fully saturated rings. The monoisotopic (exact) mass is 364 g/mol. The van der Waals surface area contributed by atoms with Gasteiger partial charge in [-0.05, 0) is 26.0 Å². The number of esters is 1. The van der Waals surface area contributed by atoms with Crippen molar-refractivity contribution in [3.8, 4) is 16.9 Å². The van der Waals surface area contributed by atoms with E-state index in [4.69, 9.17) is 4.74 Å². The van der Waals surface area contributed by atoms with Gasteiger partial charge in [0.15, 0.2) is 0 Å². The summed E-state index contributed by atoms with van der Waals surface area (Å²) >= 11 is 0. The van der Waals surface area contributed by atoms with Crippen LogP contribution in [-0.4, -0.2) is 42.4 Å². The van der Waals surface area contributed by atoms with E-state index in [1.165, 1.54) is 11.8 Å². The molecular weight excluding hydrogens is 348 g/mol. The average molecular weight is 364 g/mol. The molecule has 1 aromatic heterocycles. The molecule has 2 aliphatic heterocycles. The Hall–Kier alpha value is -3.75. The number of aromatic nitrogens is 6. The summed E-state index contributed by atoms with van der Waals surface area (Å²) in [7, 11) is 1.28. The third-order valence-electron chi connectivity index (χ3n) is 4.25. The number of hydrogen-bond acceptors (Lipinski definition) is 6. The minimum absolute atomic E-state index is 0.175. The van der Waals surface area contributed by atoms with Gasteiger partial charge in [-0.25, -0.2) is 9.47 Å². The molecule has 0 unspecified atom stereocenters. The van der Waals surface area contributed by atoms with E-state index in [0.29, 0.717) is 17.3 Å². The van der Waals surface area contributed by atoms with Crippen molar-refractivity contribution in [2.24, 2.45) is 0 Å². The number of ether oxygens (including phenoxy) is 1. The number of aryl methyl sites for hydroxylation is 2. The summed E-state index contributed by atoms with van der Waals surface area (Å²) in [6.45, 7) is 3.56. The molecule has 136 valence electrons. The van der Waals surface area contributed by atoms with E-state index < -0.39 is 5.97 Å². The lowest BCUT2D eigenvalue weighted by Gasteiger charge is -2.14. The molecule has 0 N–H and O–H groups in total. The van der Waals surface area contributed by atoms with E-state index >= 15 is 0 Å². The lowest BCUT2D eigenvalue weighted by molar-refractivity contribution is 0.0600. The topological polar surface area (TPSA) is 96.8 Å². The molecule has 2 aromatic rings. The molecule has 0 saturated heterocycles. The zero-order chi connectivity index (χ0) is 19.1. The molecule has 0 spiro atoms. The Balaban J connectivity index is 2.04. The first-order valence-corrected chi connectivity index (χ1v) is 8.19. The maximum atomic E-state index is 13.0. The Kier molecular flexibility index (Phi) is 3.84. The van der Waals surface area contributed by atoms with E-state index in [1.54, 1.807) is 47.7 Å². The Morgan fingerprint density at radius 2 is 1.70 bits per heavy atom. The summed E-state index contributed by atoms with van der Waals surface area (Å²) in [6, 6.07) is 9.02. The minimum Gasteiger partial charge on any atom is -0.465 e. The number of rotatable bonds is 3. The molecule has 0 aliphatic carbocycles. The molecule has 27 heavy (non-hydrogen) atoms. The summed E-state index contributed by atoms with van der Waals surface area (Å²) in [4.78, 5) is 25.3. The fourth-order valence-corrected chi connectivity index (χ4v) is 3.01.